The molecule has 21 heavy (non-hydrogen) atoms. The van der Waals surface area contributed by atoms with Crippen LogP contribution in [-0.2, 0) is 0 Å². The zero-order valence-corrected chi connectivity index (χ0v) is 12.7. The number of nitrogens with one attached hydrogen (secondary N) is 2. The third-order valence-electron chi connectivity index (χ3n) is 5.00. The van der Waals surface area contributed by atoms with Gasteiger partial charge in [-0.05, 0) is 44.2 Å². The molecule has 1 aromatic carbocycles. The maximum absolute atomic E-state index is 4.83. The van der Waals surface area contributed by atoms with Gasteiger partial charge in [0, 0.05) is 24.7 Å². The van der Waals surface area contributed by atoms with Gasteiger partial charge in [-0.1, -0.05) is 19.1 Å². The molecule has 2 aromatic rings. The van der Waals surface area contributed by atoms with Gasteiger partial charge >= 0.3 is 0 Å². The van der Waals surface area contributed by atoms with E-state index in [1.54, 1.807) is 0 Å². The molecule has 0 saturated carbocycles. The third kappa shape index (κ3) is 2.42. The first-order valence-electron chi connectivity index (χ1n) is 8.31. The van der Waals surface area contributed by atoms with Gasteiger partial charge in [0.2, 0.25) is 5.95 Å². The summed E-state index contributed by atoms with van der Waals surface area (Å²) in [6.45, 7) is 3.34. The number of aromatic nitrogens is 2. The van der Waals surface area contributed by atoms with Gasteiger partial charge in [-0.3, -0.25) is 0 Å². The Morgan fingerprint density at radius 3 is 2.67 bits per heavy atom. The first-order chi connectivity index (χ1) is 10.3. The molecule has 2 atom stereocenters. The molecule has 112 valence electrons. The molecule has 2 saturated heterocycles. The molecule has 2 aliphatic heterocycles. The number of anilines is 1. The van der Waals surface area contributed by atoms with Crippen LogP contribution in [0.4, 0.5) is 5.95 Å². The number of hydrogen-bond acceptors (Lipinski definition) is 3. The monoisotopic (exact) mass is 284 g/mol. The number of nitrogens with zero attached hydrogens (tertiary/aromatic N) is 2. The van der Waals surface area contributed by atoms with Crippen molar-refractivity contribution in [2.75, 3.05) is 11.4 Å². The van der Waals surface area contributed by atoms with Crippen molar-refractivity contribution in [3.63, 3.8) is 0 Å². The maximum Gasteiger partial charge on any atom is 0.204 e. The normalized spacial score (nSPS) is 28.1. The number of para-hydroxylation sites is 2. The first-order valence-corrected chi connectivity index (χ1v) is 8.31. The Labute approximate surface area is 125 Å². The Bertz CT molecular complexity index is 575. The lowest BCUT2D eigenvalue weighted by molar-refractivity contribution is 0.345. The van der Waals surface area contributed by atoms with Gasteiger partial charge in [-0.2, -0.15) is 0 Å². The fourth-order valence-corrected chi connectivity index (χ4v) is 4.06. The topological polar surface area (TPSA) is 44.0 Å². The standard InChI is InChI=1S/C17H24N4/c1-2-9-21(14-10-12-7-8-13(11-14)18-12)17-19-15-5-3-4-6-16(15)20-17/h3-6,12-14,18H,2,7-11H2,1H3,(H,19,20). The molecular weight excluding hydrogens is 260 g/mol. The molecule has 2 fully saturated rings. The van der Waals surface area contributed by atoms with Crippen LogP contribution in [0.15, 0.2) is 24.3 Å². The molecule has 4 rings (SSSR count). The first kappa shape index (κ1) is 13.1. The Morgan fingerprint density at radius 2 is 1.95 bits per heavy atom. The highest BCUT2D eigenvalue weighted by Crippen LogP contribution is 2.32. The summed E-state index contributed by atoms with van der Waals surface area (Å²) in [4.78, 5) is 10.9. The van der Waals surface area contributed by atoms with E-state index in [0.717, 1.165) is 42.0 Å². The number of piperidine rings is 1. The van der Waals surface area contributed by atoms with Crippen LogP contribution in [0.2, 0.25) is 0 Å². The van der Waals surface area contributed by atoms with Crippen molar-refractivity contribution in [1.82, 2.24) is 15.3 Å². The van der Waals surface area contributed by atoms with Crippen molar-refractivity contribution < 1.29 is 0 Å². The minimum Gasteiger partial charge on any atom is -0.339 e. The molecule has 0 amide bonds. The van der Waals surface area contributed by atoms with Crippen LogP contribution >= 0.6 is 0 Å². The van der Waals surface area contributed by atoms with Crippen LogP contribution in [-0.4, -0.2) is 34.6 Å². The zero-order chi connectivity index (χ0) is 14.2. The number of imidazole rings is 1. The lowest BCUT2D eigenvalue weighted by Crippen LogP contribution is -2.49. The van der Waals surface area contributed by atoms with Crippen LogP contribution in [0.5, 0.6) is 0 Å². The Balaban J connectivity index is 1.64. The molecule has 2 bridgehead atoms. The van der Waals surface area contributed by atoms with Crippen molar-refractivity contribution in [3.05, 3.63) is 24.3 Å². The number of aromatic amines is 1. The van der Waals surface area contributed by atoms with Crippen LogP contribution < -0.4 is 10.2 Å². The quantitative estimate of drug-likeness (QED) is 0.907. The van der Waals surface area contributed by atoms with E-state index < -0.39 is 0 Å². The highest BCUT2D eigenvalue weighted by molar-refractivity contribution is 5.77. The molecular formula is C17H24N4. The Morgan fingerprint density at radius 1 is 1.19 bits per heavy atom. The smallest absolute Gasteiger partial charge is 0.204 e. The van der Waals surface area contributed by atoms with Crippen molar-refractivity contribution in [2.45, 2.75) is 57.2 Å². The largest absolute Gasteiger partial charge is 0.339 e. The average Bonchev–Trinajstić information content (AvgIpc) is 3.07. The van der Waals surface area contributed by atoms with Crippen LogP contribution in [0.25, 0.3) is 11.0 Å². The lowest BCUT2D eigenvalue weighted by Gasteiger charge is -2.37. The number of H-pyrrole nitrogens is 1. The molecule has 4 nitrogen and oxygen atoms in total. The number of rotatable bonds is 4. The summed E-state index contributed by atoms with van der Waals surface area (Å²) >= 11 is 0. The highest BCUT2D eigenvalue weighted by atomic mass is 15.3. The second kappa shape index (κ2) is 5.34. The fourth-order valence-electron chi connectivity index (χ4n) is 4.06. The van der Waals surface area contributed by atoms with E-state index in [0.29, 0.717) is 6.04 Å². The van der Waals surface area contributed by atoms with E-state index in [4.69, 9.17) is 4.98 Å². The number of hydrogen-bond donors (Lipinski definition) is 2. The van der Waals surface area contributed by atoms with Crippen molar-refractivity contribution in [2.24, 2.45) is 0 Å². The van der Waals surface area contributed by atoms with Gasteiger partial charge in [0.1, 0.15) is 0 Å². The maximum atomic E-state index is 4.83. The number of benzene rings is 1. The lowest BCUT2D eigenvalue weighted by atomic mass is 9.98. The Hall–Kier alpha value is -1.55. The summed E-state index contributed by atoms with van der Waals surface area (Å²) in [6.07, 6.45) is 6.37. The van der Waals surface area contributed by atoms with Gasteiger partial charge in [-0.25, -0.2) is 4.98 Å². The fraction of sp³-hybridized carbons (Fsp3) is 0.588. The molecule has 3 heterocycles. The van der Waals surface area contributed by atoms with E-state index in [1.807, 2.05) is 0 Å². The second-order valence-electron chi connectivity index (χ2n) is 6.53. The van der Waals surface area contributed by atoms with Gasteiger partial charge in [0.25, 0.3) is 0 Å². The van der Waals surface area contributed by atoms with E-state index in [2.05, 4.69) is 46.4 Å². The van der Waals surface area contributed by atoms with Gasteiger partial charge in [0.05, 0.1) is 11.0 Å². The predicted molar refractivity (Wildman–Crippen MR) is 86.7 cm³/mol. The van der Waals surface area contributed by atoms with Crippen LogP contribution in [0.1, 0.15) is 39.0 Å². The summed E-state index contributed by atoms with van der Waals surface area (Å²) in [7, 11) is 0. The Kier molecular flexibility index (Phi) is 3.34. The molecule has 0 spiro atoms. The summed E-state index contributed by atoms with van der Waals surface area (Å²) in [6, 6.07) is 10.4. The van der Waals surface area contributed by atoms with Gasteiger partial charge < -0.3 is 15.2 Å². The van der Waals surface area contributed by atoms with Crippen LogP contribution in [0, 0.1) is 0 Å². The van der Waals surface area contributed by atoms with E-state index >= 15 is 0 Å². The molecule has 0 aliphatic carbocycles. The van der Waals surface area contributed by atoms with E-state index in [-0.39, 0.29) is 0 Å². The average molecular weight is 284 g/mol. The molecule has 1 aromatic heterocycles. The molecule has 2 aliphatic rings. The van der Waals surface area contributed by atoms with Crippen molar-refractivity contribution in [3.8, 4) is 0 Å². The molecule has 2 N–H and O–H groups in total. The SMILES string of the molecule is CCCN(c1nc2ccccc2[nH]1)C1CC2CCC(C1)N2. The molecule has 0 radical (unpaired) electrons. The number of fused-ring (bicyclic) bond motifs is 3. The van der Waals surface area contributed by atoms with E-state index in [9.17, 15) is 0 Å². The molecule has 2 unspecified atom stereocenters. The van der Waals surface area contributed by atoms with Gasteiger partial charge in [-0.15, -0.1) is 0 Å². The zero-order valence-electron chi connectivity index (χ0n) is 12.7. The summed E-state index contributed by atoms with van der Waals surface area (Å²) < 4.78 is 0. The molecule has 4 heteroatoms. The summed E-state index contributed by atoms with van der Waals surface area (Å²) in [5.41, 5.74) is 2.22. The van der Waals surface area contributed by atoms with E-state index in [1.165, 1.54) is 25.7 Å². The predicted octanol–water partition coefficient (Wildman–Crippen LogP) is 3.06. The minimum atomic E-state index is 0.629. The van der Waals surface area contributed by atoms with Gasteiger partial charge in [0.15, 0.2) is 0 Å². The van der Waals surface area contributed by atoms with Crippen molar-refractivity contribution in [1.29, 1.82) is 0 Å². The summed E-state index contributed by atoms with van der Waals surface area (Å²) in [5, 5.41) is 3.74. The van der Waals surface area contributed by atoms with Crippen molar-refractivity contribution >= 4 is 17.0 Å². The minimum absolute atomic E-state index is 0.629. The third-order valence-corrected chi connectivity index (χ3v) is 5.00. The second-order valence-corrected chi connectivity index (χ2v) is 6.53. The summed E-state index contributed by atoms with van der Waals surface area (Å²) in [5.74, 6) is 1.06. The van der Waals surface area contributed by atoms with Crippen LogP contribution in [0.3, 0.4) is 0 Å². The highest BCUT2D eigenvalue weighted by Gasteiger charge is 2.36.